The molecule has 5 heteroatoms. The molecule has 0 unspecified atom stereocenters. The minimum Gasteiger partial charge on any atom is -0.346 e. The van der Waals surface area contributed by atoms with E-state index in [2.05, 4.69) is 70.1 Å². The van der Waals surface area contributed by atoms with Crippen molar-refractivity contribution in [1.82, 2.24) is 19.5 Å². The van der Waals surface area contributed by atoms with Gasteiger partial charge in [-0.15, -0.1) is 0 Å². The Morgan fingerprint density at radius 2 is 2.07 bits per heavy atom. The molecule has 3 aromatic heterocycles. The highest BCUT2D eigenvalue weighted by Crippen LogP contribution is 2.32. The van der Waals surface area contributed by atoms with Gasteiger partial charge in [0.05, 0.1) is 23.4 Å². The first kappa shape index (κ1) is 17.6. The molecule has 28 heavy (non-hydrogen) atoms. The summed E-state index contributed by atoms with van der Waals surface area (Å²) in [4.78, 5) is 11.6. The molecule has 5 nitrogen and oxygen atoms in total. The van der Waals surface area contributed by atoms with E-state index in [0.717, 1.165) is 38.6 Å². The molecule has 0 saturated heterocycles. The molecular formula is C23H19N5. The zero-order chi connectivity index (χ0) is 19.7. The van der Waals surface area contributed by atoms with E-state index < -0.39 is 0 Å². The highest BCUT2D eigenvalue weighted by Gasteiger charge is 2.15. The van der Waals surface area contributed by atoms with Gasteiger partial charge in [-0.3, -0.25) is 0 Å². The topological polar surface area (TPSA) is 70.3 Å². The molecule has 0 aliphatic carbocycles. The molecule has 0 spiro atoms. The van der Waals surface area contributed by atoms with Crippen LogP contribution in [0.25, 0.3) is 27.5 Å². The van der Waals surface area contributed by atoms with Crippen molar-refractivity contribution in [2.45, 2.75) is 26.3 Å². The number of H-pyrrole nitrogens is 1. The molecule has 0 fully saturated rings. The standard InChI is InChI=1S/C23H19N5/c1-15(2)28-13-20(16(3)9-11-24)18-6-4-5-17(22(18)28)7-8-21-19-10-12-25-23(19)27-14-26-21/h4-6,10,12-15H,3,9H2,1-2H3,(H,25,26,27). The van der Waals surface area contributed by atoms with E-state index in [0.29, 0.717) is 12.1 Å². The van der Waals surface area contributed by atoms with Crippen molar-refractivity contribution >= 4 is 27.5 Å². The number of allylic oxidation sites excluding steroid dienone is 1. The van der Waals surface area contributed by atoms with E-state index in [1.165, 1.54) is 6.33 Å². The van der Waals surface area contributed by atoms with Gasteiger partial charge >= 0.3 is 0 Å². The van der Waals surface area contributed by atoms with Gasteiger partial charge in [-0.25, -0.2) is 9.97 Å². The fraction of sp³-hybridized carbons (Fsp3) is 0.174. The first-order valence-corrected chi connectivity index (χ1v) is 9.09. The second-order valence-corrected chi connectivity index (χ2v) is 6.90. The maximum atomic E-state index is 9.07. The molecule has 0 aliphatic rings. The van der Waals surface area contributed by atoms with Crippen LogP contribution in [-0.4, -0.2) is 19.5 Å². The van der Waals surface area contributed by atoms with Crippen LogP contribution in [0.5, 0.6) is 0 Å². The third-order valence-electron chi connectivity index (χ3n) is 4.75. The van der Waals surface area contributed by atoms with E-state index in [1.54, 1.807) is 0 Å². The maximum absolute atomic E-state index is 9.07. The number of nitrogens with zero attached hydrogens (tertiary/aromatic N) is 4. The molecule has 136 valence electrons. The van der Waals surface area contributed by atoms with Crippen LogP contribution >= 0.6 is 0 Å². The third kappa shape index (κ3) is 2.94. The van der Waals surface area contributed by atoms with Crippen LogP contribution in [0.3, 0.4) is 0 Å². The summed E-state index contributed by atoms with van der Waals surface area (Å²) in [5.41, 5.74) is 5.27. The Morgan fingerprint density at radius 3 is 2.86 bits per heavy atom. The number of hydrogen-bond acceptors (Lipinski definition) is 3. The smallest absolute Gasteiger partial charge is 0.141 e. The molecule has 4 aromatic rings. The number of aromatic nitrogens is 4. The molecule has 1 N–H and O–H groups in total. The first-order chi connectivity index (χ1) is 13.6. The molecule has 0 bridgehead atoms. The fourth-order valence-corrected chi connectivity index (χ4v) is 3.39. The number of hydrogen-bond donors (Lipinski definition) is 1. The van der Waals surface area contributed by atoms with E-state index in [4.69, 9.17) is 5.26 Å². The van der Waals surface area contributed by atoms with Crippen LogP contribution in [0, 0.1) is 23.2 Å². The Morgan fingerprint density at radius 1 is 1.21 bits per heavy atom. The van der Waals surface area contributed by atoms with Crippen LogP contribution in [0.1, 0.15) is 43.1 Å². The van der Waals surface area contributed by atoms with E-state index >= 15 is 0 Å². The Balaban J connectivity index is 1.91. The first-order valence-electron chi connectivity index (χ1n) is 9.09. The number of aromatic amines is 1. The van der Waals surface area contributed by atoms with Crippen molar-refractivity contribution in [1.29, 1.82) is 5.26 Å². The molecule has 3 heterocycles. The van der Waals surface area contributed by atoms with Crippen molar-refractivity contribution in [2.75, 3.05) is 0 Å². The van der Waals surface area contributed by atoms with Gasteiger partial charge in [0.15, 0.2) is 0 Å². The number of fused-ring (bicyclic) bond motifs is 2. The monoisotopic (exact) mass is 365 g/mol. The predicted octanol–water partition coefficient (Wildman–Crippen LogP) is 4.82. The molecule has 0 amide bonds. The minimum absolute atomic E-state index is 0.254. The van der Waals surface area contributed by atoms with Gasteiger partial charge in [0.25, 0.3) is 0 Å². The molecule has 0 aliphatic heterocycles. The second-order valence-electron chi connectivity index (χ2n) is 6.90. The summed E-state index contributed by atoms with van der Waals surface area (Å²) < 4.78 is 2.20. The summed E-state index contributed by atoms with van der Waals surface area (Å²) in [6, 6.07) is 10.4. The highest BCUT2D eigenvalue weighted by atomic mass is 15.0. The zero-order valence-corrected chi connectivity index (χ0v) is 15.8. The molecule has 0 saturated carbocycles. The van der Waals surface area contributed by atoms with Crippen LogP contribution in [-0.2, 0) is 0 Å². The van der Waals surface area contributed by atoms with Crippen molar-refractivity contribution in [2.24, 2.45) is 0 Å². The van der Waals surface area contributed by atoms with Crippen molar-refractivity contribution in [3.05, 3.63) is 66.4 Å². The summed E-state index contributed by atoms with van der Waals surface area (Å²) in [6.45, 7) is 8.36. The van der Waals surface area contributed by atoms with E-state index in [9.17, 15) is 0 Å². The predicted molar refractivity (Wildman–Crippen MR) is 111 cm³/mol. The van der Waals surface area contributed by atoms with Gasteiger partial charge in [-0.05, 0) is 37.5 Å². The van der Waals surface area contributed by atoms with Crippen LogP contribution in [0.15, 0.2) is 49.6 Å². The number of rotatable bonds is 3. The summed E-state index contributed by atoms with van der Waals surface area (Å²) in [7, 11) is 0. The quantitative estimate of drug-likeness (QED) is 0.529. The van der Waals surface area contributed by atoms with E-state index in [1.807, 2.05) is 24.4 Å². The van der Waals surface area contributed by atoms with Gasteiger partial charge in [-0.1, -0.05) is 24.6 Å². The lowest BCUT2D eigenvalue weighted by Crippen LogP contribution is -1.99. The summed E-state index contributed by atoms with van der Waals surface area (Å²) in [5, 5.41) is 11.0. The summed E-state index contributed by atoms with van der Waals surface area (Å²) >= 11 is 0. The molecule has 1 aromatic carbocycles. The largest absolute Gasteiger partial charge is 0.346 e. The van der Waals surface area contributed by atoms with Crippen LogP contribution in [0.4, 0.5) is 0 Å². The normalized spacial score (nSPS) is 10.8. The van der Waals surface area contributed by atoms with E-state index in [-0.39, 0.29) is 6.04 Å². The molecule has 4 rings (SSSR count). The van der Waals surface area contributed by atoms with Gasteiger partial charge in [0.2, 0.25) is 0 Å². The Bertz CT molecular complexity index is 1300. The van der Waals surface area contributed by atoms with Gasteiger partial charge in [0, 0.05) is 34.9 Å². The number of nitriles is 1. The zero-order valence-electron chi connectivity index (χ0n) is 15.8. The van der Waals surface area contributed by atoms with Gasteiger partial charge in [-0.2, -0.15) is 5.26 Å². The van der Waals surface area contributed by atoms with Crippen molar-refractivity contribution in [3.8, 4) is 17.9 Å². The molecular weight excluding hydrogens is 346 g/mol. The van der Waals surface area contributed by atoms with Gasteiger partial charge in [0.1, 0.15) is 17.7 Å². The third-order valence-corrected chi connectivity index (χ3v) is 4.75. The van der Waals surface area contributed by atoms with Crippen LogP contribution in [0.2, 0.25) is 0 Å². The maximum Gasteiger partial charge on any atom is 0.141 e. The number of nitrogens with one attached hydrogen (secondary N) is 1. The van der Waals surface area contributed by atoms with Crippen molar-refractivity contribution in [3.63, 3.8) is 0 Å². The Labute approximate surface area is 163 Å². The van der Waals surface area contributed by atoms with Crippen LogP contribution < -0.4 is 0 Å². The number of benzene rings is 1. The Kier molecular flexibility index (Phi) is 4.43. The lowest BCUT2D eigenvalue weighted by atomic mass is 10.0. The SMILES string of the molecule is C=C(CC#N)c1cn(C(C)C)c2c(C#Cc3ncnc4[nH]ccc34)cccc12. The number of para-hydroxylation sites is 1. The lowest BCUT2D eigenvalue weighted by Gasteiger charge is -2.10. The summed E-state index contributed by atoms with van der Waals surface area (Å²) in [5.74, 6) is 6.50. The minimum atomic E-state index is 0.254. The second kappa shape index (κ2) is 7.06. The van der Waals surface area contributed by atoms with Gasteiger partial charge < -0.3 is 9.55 Å². The average Bonchev–Trinajstić information content (AvgIpc) is 3.31. The Hall–Kier alpha value is -3.83. The highest BCUT2D eigenvalue weighted by molar-refractivity contribution is 5.96. The van der Waals surface area contributed by atoms with Crippen molar-refractivity contribution < 1.29 is 0 Å². The summed E-state index contributed by atoms with van der Waals surface area (Å²) in [6.07, 6.45) is 5.74. The molecule has 0 atom stereocenters. The lowest BCUT2D eigenvalue weighted by molar-refractivity contribution is 0.622. The average molecular weight is 365 g/mol. The fourth-order valence-electron chi connectivity index (χ4n) is 3.39. The molecule has 0 radical (unpaired) electrons.